The Hall–Kier alpha value is -1.14. The largest absolute Gasteiger partial charge is 0.380 e. The van der Waals surface area contributed by atoms with Gasteiger partial charge in [-0.25, -0.2) is 0 Å². The molecule has 94 valence electrons. The van der Waals surface area contributed by atoms with Crippen molar-refractivity contribution in [3.05, 3.63) is 0 Å². The van der Waals surface area contributed by atoms with Gasteiger partial charge in [-0.05, 0) is 12.8 Å². The predicted octanol–water partition coefficient (Wildman–Crippen LogP) is -1.24. The number of aliphatic hydroxyl groups is 2. The highest BCUT2D eigenvalue weighted by Gasteiger charge is 2.29. The molecular weight excluding hydrogens is 212 g/mol. The summed E-state index contributed by atoms with van der Waals surface area (Å²) in [6.45, 7) is 4.52. The van der Waals surface area contributed by atoms with Gasteiger partial charge in [-0.1, -0.05) is 13.8 Å². The van der Waals surface area contributed by atoms with Gasteiger partial charge in [0, 0.05) is 13.1 Å². The van der Waals surface area contributed by atoms with Gasteiger partial charge >= 0.3 is 0 Å². The molecule has 0 radical (unpaired) electrons. The topological polar surface area (TPSA) is 98.7 Å². The molecular formula is C10H20N2O4. The van der Waals surface area contributed by atoms with Crippen molar-refractivity contribution >= 4 is 11.8 Å². The van der Waals surface area contributed by atoms with E-state index in [1.807, 2.05) is 13.8 Å². The smallest absolute Gasteiger partial charge is 0.252 e. The molecule has 0 aliphatic heterocycles. The van der Waals surface area contributed by atoms with E-state index in [1.54, 1.807) is 0 Å². The van der Waals surface area contributed by atoms with E-state index in [9.17, 15) is 19.8 Å². The molecule has 0 aromatic carbocycles. The monoisotopic (exact) mass is 232 g/mol. The van der Waals surface area contributed by atoms with Crippen LogP contribution in [0, 0.1) is 0 Å². The number of carbonyl (C=O) groups is 2. The zero-order valence-corrected chi connectivity index (χ0v) is 9.69. The average molecular weight is 232 g/mol. The Morgan fingerprint density at radius 3 is 1.50 bits per heavy atom. The van der Waals surface area contributed by atoms with Crippen LogP contribution >= 0.6 is 0 Å². The van der Waals surface area contributed by atoms with Crippen LogP contribution in [0.2, 0.25) is 0 Å². The summed E-state index contributed by atoms with van der Waals surface area (Å²) < 4.78 is 0. The summed E-state index contributed by atoms with van der Waals surface area (Å²) in [5.41, 5.74) is 0. The van der Waals surface area contributed by atoms with Crippen LogP contribution < -0.4 is 10.6 Å². The molecule has 0 aliphatic carbocycles. The molecule has 16 heavy (non-hydrogen) atoms. The summed E-state index contributed by atoms with van der Waals surface area (Å²) in [7, 11) is 0. The SMILES string of the molecule is CCCNC(=O)[C@H](O)[C@@H](O)C(=O)NCCC. The lowest BCUT2D eigenvalue weighted by atomic mass is 10.1. The lowest BCUT2D eigenvalue weighted by Crippen LogP contribution is -2.49. The van der Waals surface area contributed by atoms with E-state index in [2.05, 4.69) is 10.6 Å². The first kappa shape index (κ1) is 14.9. The van der Waals surface area contributed by atoms with Crippen LogP contribution in [0.4, 0.5) is 0 Å². The third-order valence-electron chi connectivity index (χ3n) is 1.93. The van der Waals surface area contributed by atoms with Crippen LogP contribution in [0.3, 0.4) is 0 Å². The molecule has 0 aromatic rings. The Kier molecular flexibility index (Phi) is 7.49. The molecule has 0 spiro atoms. The Balaban J connectivity index is 4.09. The van der Waals surface area contributed by atoms with Gasteiger partial charge in [-0.3, -0.25) is 9.59 Å². The van der Waals surface area contributed by atoms with Crippen LogP contribution in [0.15, 0.2) is 0 Å². The van der Waals surface area contributed by atoms with Crippen molar-refractivity contribution in [2.75, 3.05) is 13.1 Å². The average Bonchev–Trinajstić information content (AvgIpc) is 2.30. The van der Waals surface area contributed by atoms with E-state index in [-0.39, 0.29) is 0 Å². The van der Waals surface area contributed by atoms with E-state index in [1.165, 1.54) is 0 Å². The normalized spacial score (nSPS) is 14.0. The van der Waals surface area contributed by atoms with Crippen LogP contribution in [0.5, 0.6) is 0 Å². The summed E-state index contributed by atoms with van der Waals surface area (Å²) in [6.07, 6.45) is -2.00. The predicted molar refractivity (Wildman–Crippen MR) is 58.6 cm³/mol. The van der Waals surface area contributed by atoms with E-state index in [4.69, 9.17) is 0 Å². The van der Waals surface area contributed by atoms with Crippen molar-refractivity contribution in [2.45, 2.75) is 38.9 Å². The van der Waals surface area contributed by atoms with Crippen LogP contribution in [-0.2, 0) is 9.59 Å². The summed E-state index contributed by atoms with van der Waals surface area (Å²) in [6, 6.07) is 0. The van der Waals surface area contributed by atoms with Crippen molar-refractivity contribution in [3.63, 3.8) is 0 Å². The first-order chi connectivity index (χ1) is 7.54. The van der Waals surface area contributed by atoms with E-state index in [0.29, 0.717) is 13.1 Å². The third-order valence-corrected chi connectivity index (χ3v) is 1.93. The van der Waals surface area contributed by atoms with Crippen molar-refractivity contribution in [1.82, 2.24) is 10.6 Å². The molecule has 2 atom stereocenters. The van der Waals surface area contributed by atoms with Crippen molar-refractivity contribution in [2.24, 2.45) is 0 Å². The second-order valence-electron chi connectivity index (χ2n) is 3.47. The number of rotatable bonds is 7. The van der Waals surface area contributed by atoms with Gasteiger partial charge in [-0.2, -0.15) is 0 Å². The molecule has 0 aliphatic rings. The quantitative estimate of drug-likeness (QED) is 0.441. The highest BCUT2D eigenvalue weighted by Crippen LogP contribution is 1.94. The molecule has 6 heteroatoms. The van der Waals surface area contributed by atoms with Gasteiger partial charge in [0.25, 0.3) is 11.8 Å². The van der Waals surface area contributed by atoms with Crippen molar-refractivity contribution in [3.8, 4) is 0 Å². The number of hydrogen-bond donors (Lipinski definition) is 4. The second kappa shape index (κ2) is 8.06. The lowest BCUT2D eigenvalue weighted by molar-refractivity contribution is -0.146. The molecule has 0 bridgehead atoms. The zero-order chi connectivity index (χ0) is 12.6. The van der Waals surface area contributed by atoms with Gasteiger partial charge in [0.15, 0.2) is 12.2 Å². The fraction of sp³-hybridized carbons (Fsp3) is 0.800. The van der Waals surface area contributed by atoms with Crippen LogP contribution in [-0.4, -0.2) is 47.3 Å². The highest BCUT2D eigenvalue weighted by atomic mass is 16.3. The first-order valence-corrected chi connectivity index (χ1v) is 5.46. The lowest BCUT2D eigenvalue weighted by Gasteiger charge is -2.16. The fourth-order valence-electron chi connectivity index (χ4n) is 0.992. The van der Waals surface area contributed by atoms with E-state index < -0.39 is 24.0 Å². The Morgan fingerprint density at radius 2 is 1.25 bits per heavy atom. The Morgan fingerprint density at radius 1 is 0.938 bits per heavy atom. The van der Waals surface area contributed by atoms with Crippen molar-refractivity contribution < 1.29 is 19.8 Å². The van der Waals surface area contributed by atoms with Gasteiger partial charge < -0.3 is 20.8 Å². The maximum Gasteiger partial charge on any atom is 0.252 e. The van der Waals surface area contributed by atoms with E-state index in [0.717, 1.165) is 12.8 Å². The maximum atomic E-state index is 11.2. The minimum Gasteiger partial charge on any atom is -0.380 e. The van der Waals surface area contributed by atoms with E-state index >= 15 is 0 Å². The fourth-order valence-corrected chi connectivity index (χ4v) is 0.992. The summed E-state index contributed by atoms with van der Waals surface area (Å²) in [4.78, 5) is 22.4. The number of hydrogen-bond acceptors (Lipinski definition) is 4. The molecule has 0 unspecified atom stereocenters. The minimum absolute atomic E-state index is 0.402. The zero-order valence-electron chi connectivity index (χ0n) is 9.69. The van der Waals surface area contributed by atoms with Crippen molar-refractivity contribution in [1.29, 1.82) is 0 Å². The van der Waals surface area contributed by atoms with Gasteiger partial charge in [-0.15, -0.1) is 0 Å². The Bertz CT molecular complexity index is 209. The van der Waals surface area contributed by atoms with Gasteiger partial charge in [0.05, 0.1) is 0 Å². The second-order valence-corrected chi connectivity index (χ2v) is 3.47. The molecule has 4 N–H and O–H groups in total. The molecule has 0 saturated carbocycles. The molecule has 0 fully saturated rings. The number of carbonyl (C=O) groups excluding carboxylic acids is 2. The molecule has 0 rings (SSSR count). The van der Waals surface area contributed by atoms with Crippen LogP contribution in [0.25, 0.3) is 0 Å². The summed E-state index contributed by atoms with van der Waals surface area (Å²) in [5.74, 6) is -1.47. The third kappa shape index (κ3) is 5.09. The number of amides is 2. The van der Waals surface area contributed by atoms with Gasteiger partial charge in [0.1, 0.15) is 0 Å². The summed E-state index contributed by atoms with van der Waals surface area (Å²) >= 11 is 0. The standard InChI is InChI=1S/C10H20N2O4/c1-3-5-11-9(15)7(13)8(14)10(16)12-6-4-2/h7-8,13-14H,3-6H2,1-2H3,(H,11,15)(H,12,16)/t7-,8-/m1/s1. The van der Waals surface area contributed by atoms with Gasteiger partial charge in [0.2, 0.25) is 0 Å². The molecule has 0 aromatic heterocycles. The summed E-state index contributed by atoms with van der Waals surface area (Å²) in [5, 5.41) is 23.5. The molecule has 0 heterocycles. The highest BCUT2D eigenvalue weighted by molar-refractivity contribution is 5.90. The Labute approximate surface area is 95.0 Å². The molecule has 0 saturated heterocycles. The van der Waals surface area contributed by atoms with Crippen LogP contribution in [0.1, 0.15) is 26.7 Å². The number of aliphatic hydroxyl groups excluding tert-OH is 2. The first-order valence-electron chi connectivity index (χ1n) is 5.46. The molecule has 2 amide bonds. The minimum atomic E-state index is -1.72. The number of nitrogens with one attached hydrogen (secondary N) is 2. The molecule has 6 nitrogen and oxygen atoms in total. The maximum absolute atomic E-state index is 11.2.